The highest BCUT2D eigenvalue weighted by molar-refractivity contribution is 6.32. The minimum absolute atomic E-state index is 0.0321. The number of anilines is 1. The Morgan fingerprint density at radius 2 is 2.10 bits per heavy atom. The molecule has 21 heavy (non-hydrogen) atoms. The monoisotopic (exact) mass is 327 g/mol. The molecule has 1 aromatic rings. The van der Waals surface area contributed by atoms with Gasteiger partial charge in [-0.25, -0.2) is 0 Å². The predicted octanol–water partition coefficient (Wildman–Crippen LogP) is 3.63. The van der Waals surface area contributed by atoms with Gasteiger partial charge in [0.05, 0.1) is 6.61 Å². The van der Waals surface area contributed by atoms with E-state index in [9.17, 15) is 4.79 Å². The lowest BCUT2D eigenvalue weighted by atomic mass is 9.99. The molecular formula is C16H26ClNO2Si. The summed E-state index contributed by atoms with van der Waals surface area (Å²) in [4.78, 5) is 11.4. The van der Waals surface area contributed by atoms with E-state index in [1.807, 2.05) is 25.1 Å². The van der Waals surface area contributed by atoms with Crippen LogP contribution < -0.4 is 5.32 Å². The number of halogens is 1. The highest BCUT2D eigenvalue weighted by Gasteiger charge is 2.23. The molecule has 0 unspecified atom stereocenters. The number of benzene rings is 1. The second-order valence-electron chi connectivity index (χ2n) is 6.41. The molecule has 0 aliphatic rings. The molecule has 118 valence electrons. The third kappa shape index (κ3) is 5.45. The fourth-order valence-electron chi connectivity index (χ4n) is 1.75. The fraction of sp³-hybridized carbons (Fsp3) is 0.562. The minimum atomic E-state index is -0.615. The van der Waals surface area contributed by atoms with E-state index in [0.29, 0.717) is 17.6 Å². The number of amides is 1. The SMILES string of the molecule is Cc1c(CO[SiH2]C(C)(C)C(C)C)cccc1NC(=O)CCl. The molecule has 1 amide bonds. The van der Waals surface area contributed by atoms with Crippen LogP contribution in [-0.4, -0.2) is 21.6 Å². The predicted molar refractivity (Wildman–Crippen MR) is 92.7 cm³/mol. The molecule has 0 radical (unpaired) electrons. The molecule has 1 aromatic carbocycles. The van der Waals surface area contributed by atoms with Gasteiger partial charge in [-0.2, -0.15) is 0 Å². The molecule has 0 saturated heterocycles. The molecule has 0 saturated carbocycles. The summed E-state index contributed by atoms with van der Waals surface area (Å²) in [6.07, 6.45) is 0. The van der Waals surface area contributed by atoms with Crippen LogP contribution >= 0.6 is 11.6 Å². The first kappa shape index (κ1) is 18.2. The van der Waals surface area contributed by atoms with Crippen molar-refractivity contribution in [1.29, 1.82) is 0 Å². The van der Waals surface area contributed by atoms with Crippen LogP contribution in [0.3, 0.4) is 0 Å². The zero-order valence-corrected chi connectivity index (χ0v) is 15.8. The molecular weight excluding hydrogens is 302 g/mol. The van der Waals surface area contributed by atoms with Gasteiger partial charge < -0.3 is 9.74 Å². The van der Waals surface area contributed by atoms with E-state index in [2.05, 4.69) is 33.0 Å². The van der Waals surface area contributed by atoms with Crippen molar-refractivity contribution >= 4 is 33.0 Å². The Morgan fingerprint density at radius 3 is 2.67 bits per heavy atom. The van der Waals surface area contributed by atoms with Gasteiger partial charge >= 0.3 is 0 Å². The highest BCUT2D eigenvalue weighted by Crippen LogP contribution is 2.33. The van der Waals surface area contributed by atoms with Gasteiger partial charge in [0.25, 0.3) is 0 Å². The molecule has 1 N–H and O–H groups in total. The van der Waals surface area contributed by atoms with Crippen LogP contribution in [0.1, 0.15) is 38.8 Å². The minimum Gasteiger partial charge on any atom is -0.419 e. The molecule has 5 heteroatoms. The normalized spacial score (nSPS) is 12.3. The van der Waals surface area contributed by atoms with Crippen LogP contribution in [0.25, 0.3) is 0 Å². The van der Waals surface area contributed by atoms with Crippen LogP contribution in [0.5, 0.6) is 0 Å². The highest BCUT2D eigenvalue weighted by atomic mass is 35.5. The van der Waals surface area contributed by atoms with Crippen molar-refractivity contribution < 1.29 is 9.22 Å². The lowest BCUT2D eigenvalue weighted by Gasteiger charge is -2.28. The van der Waals surface area contributed by atoms with E-state index in [1.54, 1.807) is 0 Å². The van der Waals surface area contributed by atoms with Gasteiger partial charge in [0.2, 0.25) is 5.91 Å². The van der Waals surface area contributed by atoms with Crippen molar-refractivity contribution in [3.63, 3.8) is 0 Å². The van der Waals surface area contributed by atoms with Gasteiger partial charge in [-0.05, 0) is 35.1 Å². The average Bonchev–Trinajstić information content (AvgIpc) is 2.42. The molecule has 0 fully saturated rings. The third-order valence-electron chi connectivity index (χ3n) is 4.14. The summed E-state index contributed by atoms with van der Waals surface area (Å²) >= 11 is 5.53. The van der Waals surface area contributed by atoms with Crippen molar-refractivity contribution in [2.75, 3.05) is 11.2 Å². The maximum absolute atomic E-state index is 11.4. The molecule has 0 spiro atoms. The van der Waals surface area contributed by atoms with E-state index in [-0.39, 0.29) is 11.8 Å². The van der Waals surface area contributed by atoms with Crippen LogP contribution in [0.15, 0.2) is 18.2 Å². The maximum Gasteiger partial charge on any atom is 0.239 e. The largest absolute Gasteiger partial charge is 0.419 e. The van der Waals surface area contributed by atoms with Gasteiger partial charge in [-0.3, -0.25) is 4.79 Å². The van der Waals surface area contributed by atoms with Crippen LogP contribution in [0.2, 0.25) is 5.04 Å². The summed E-state index contributed by atoms with van der Waals surface area (Å²) in [5.74, 6) is 0.406. The molecule has 3 nitrogen and oxygen atoms in total. The van der Waals surface area contributed by atoms with Crippen LogP contribution in [0.4, 0.5) is 5.69 Å². The summed E-state index contributed by atoms with van der Waals surface area (Å²) in [6.45, 7) is 11.6. The average molecular weight is 328 g/mol. The second kappa shape index (κ2) is 7.97. The van der Waals surface area contributed by atoms with Gasteiger partial charge in [0.15, 0.2) is 9.76 Å². The van der Waals surface area contributed by atoms with E-state index in [0.717, 1.165) is 16.8 Å². The molecule has 0 aromatic heterocycles. The molecule has 0 heterocycles. The number of carbonyl (C=O) groups is 1. The van der Waals surface area contributed by atoms with E-state index in [4.69, 9.17) is 16.0 Å². The summed E-state index contributed by atoms with van der Waals surface area (Å²) < 4.78 is 6.01. The zero-order valence-electron chi connectivity index (χ0n) is 13.6. The molecule has 0 aliphatic heterocycles. The summed E-state index contributed by atoms with van der Waals surface area (Å²) in [7, 11) is -0.615. The van der Waals surface area contributed by atoms with E-state index >= 15 is 0 Å². The Bertz CT molecular complexity index is 489. The molecule has 1 rings (SSSR count). The Hall–Kier alpha value is -0.843. The first-order valence-electron chi connectivity index (χ1n) is 7.30. The second-order valence-corrected chi connectivity index (χ2v) is 9.19. The van der Waals surface area contributed by atoms with Crippen molar-refractivity contribution in [3.8, 4) is 0 Å². The maximum atomic E-state index is 11.4. The molecule has 0 atom stereocenters. The van der Waals surface area contributed by atoms with Gasteiger partial charge in [-0.15, -0.1) is 11.6 Å². The number of hydrogen-bond donors (Lipinski definition) is 1. The van der Waals surface area contributed by atoms with Gasteiger partial charge in [-0.1, -0.05) is 39.8 Å². The Labute approximate surface area is 135 Å². The summed E-state index contributed by atoms with van der Waals surface area (Å²) in [5.41, 5.74) is 2.98. The smallest absolute Gasteiger partial charge is 0.239 e. The lowest BCUT2D eigenvalue weighted by Crippen LogP contribution is -2.22. The van der Waals surface area contributed by atoms with Crippen molar-refractivity contribution in [2.24, 2.45) is 5.92 Å². The topological polar surface area (TPSA) is 38.3 Å². The van der Waals surface area contributed by atoms with Crippen LogP contribution in [-0.2, 0) is 15.8 Å². The number of hydrogen-bond acceptors (Lipinski definition) is 2. The number of alkyl halides is 1. The van der Waals surface area contributed by atoms with Gasteiger partial charge in [0.1, 0.15) is 5.88 Å². The number of rotatable bonds is 7. The standard InChI is InChI=1S/C16H26ClNO2Si/c1-11(2)16(4,5)21-20-10-13-7-6-8-14(12(13)3)18-15(19)9-17/h6-8,11H,9-10,21H2,1-5H3,(H,18,19). The first-order chi connectivity index (χ1) is 9.77. The van der Waals surface area contributed by atoms with E-state index < -0.39 is 9.76 Å². The van der Waals surface area contributed by atoms with Crippen molar-refractivity contribution in [2.45, 2.75) is 46.3 Å². The summed E-state index contributed by atoms with van der Waals surface area (Å²) in [5, 5.41) is 3.10. The molecule has 0 bridgehead atoms. The Morgan fingerprint density at radius 1 is 1.43 bits per heavy atom. The quantitative estimate of drug-likeness (QED) is 0.613. The Balaban J connectivity index is 2.68. The van der Waals surface area contributed by atoms with Crippen molar-refractivity contribution in [1.82, 2.24) is 0 Å². The fourth-order valence-corrected chi connectivity index (χ4v) is 3.00. The zero-order chi connectivity index (χ0) is 16.0. The summed E-state index contributed by atoms with van der Waals surface area (Å²) in [6, 6.07) is 5.87. The first-order valence-corrected chi connectivity index (χ1v) is 9.12. The number of carbonyl (C=O) groups excluding carboxylic acids is 1. The third-order valence-corrected chi connectivity index (χ3v) is 6.35. The van der Waals surface area contributed by atoms with Crippen molar-refractivity contribution in [3.05, 3.63) is 29.3 Å². The van der Waals surface area contributed by atoms with Gasteiger partial charge in [0, 0.05) is 5.69 Å². The lowest BCUT2D eigenvalue weighted by molar-refractivity contribution is -0.113. The van der Waals surface area contributed by atoms with E-state index in [1.165, 1.54) is 0 Å². The molecule has 0 aliphatic carbocycles. The Kier molecular flexibility index (Phi) is 6.91. The van der Waals surface area contributed by atoms with Crippen LogP contribution in [0, 0.1) is 12.8 Å². The number of nitrogens with one attached hydrogen (secondary N) is 1.